The topological polar surface area (TPSA) is 67.2 Å². The highest BCUT2D eigenvalue weighted by Crippen LogP contribution is 2.28. The van der Waals surface area contributed by atoms with Gasteiger partial charge in [-0.3, -0.25) is 4.79 Å². The molecule has 4 aromatic rings. The van der Waals surface area contributed by atoms with E-state index in [0.29, 0.717) is 17.0 Å². The van der Waals surface area contributed by atoms with Gasteiger partial charge in [0.1, 0.15) is 5.52 Å². The van der Waals surface area contributed by atoms with Gasteiger partial charge in [-0.05, 0) is 53.7 Å². The van der Waals surface area contributed by atoms with Crippen LogP contribution in [0.3, 0.4) is 0 Å². The number of anilines is 1. The van der Waals surface area contributed by atoms with Crippen LogP contribution in [-0.2, 0) is 4.79 Å². The summed E-state index contributed by atoms with van der Waals surface area (Å²) in [5, 5.41) is 5.73. The van der Waals surface area contributed by atoms with Crippen molar-refractivity contribution >= 4 is 40.0 Å². The Balaban J connectivity index is 1.57. The molecule has 1 aromatic heterocycles. The molecule has 4 rings (SSSR count). The van der Waals surface area contributed by atoms with Gasteiger partial charge < -0.3 is 15.1 Å². The molecule has 2 N–H and O–H groups in total. The van der Waals surface area contributed by atoms with Crippen molar-refractivity contribution in [3.63, 3.8) is 0 Å². The molecule has 0 saturated heterocycles. The van der Waals surface area contributed by atoms with Crippen LogP contribution in [0.1, 0.15) is 6.92 Å². The lowest BCUT2D eigenvalue weighted by Gasteiger charge is -2.07. The maximum Gasteiger partial charge on any atom is 0.227 e. The smallest absolute Gasteiger partial charge is 0.227 e. The zero-order valence-electron chi connectivity index (χ0n) is 15.1. The second-order valence-corrected chi connectivity index (χ2v) is 6.69. The van der Waals surface area contributed by atoms with Gasteiger partial charge in [-0.1, -0.05) is 42.5 Å². The summed E-state index contributed by atoms with van der Waals surface area (Å²) in [5.74, 6) is 0.331. The maximum atomic E-state index is 11.1. The van der Waals surface area contributed by atoms with Crippen LogP contribution < -0.4 is 10.6 Å². The molecular formula is C22H17N3O2S. The average Bonchev–Trinajstić information content (AvgIpc) is 3.11. The Labute approximate surface area is 167 Å². The molecule has 28 heavy (non-hydrogen) atoms. The summed E-state index contributed by atoms with van der Waals surface area (Å²) < 4.78 is 5.88. The molecular weight excluding hydrogens is 370 g/mol. The van der Waals surface area contributed by atoms with Crippen molar-refractivity contribution < 1.29 is 9.21 Å². The van der Waals surface area contributed by atoms with Crippen molar-refractivity contribution in [3.8, 4) is 22.6 Å². The summed E-state index contributed by atoms with van der Waals surface area (Å²) in [4.78, 5) is 15.6. The number of benzene rings is 3. The van der Waals surface area contributed by atoms with E-state index < -0.39 is 0 Å². The second-order valence-electron chi connectivity index (χ2n) is 6.28. The van der Waals surface area contributed by atoms with Crippen LogP contribution in [0.25, 0.3) is 33.7 Å². The number of hydrogen-bond donors (Lipinski definition) is 2. The van der Waals surface area contributed by atoms with Crippen molar-refractivity contribution in [2.24, 2.45) is 0 Å². The molecule has 0 bridgehead atoms. The van der Waals surface area contributed by atoms with Gasteiger partial charge in [-0.15, -0.1) is 0 Å². The second kappa shape index (κ2) is 7.62. The molecule has 6 heteroatoms. The zero-order valence-corrected chi connectivity index (χ0v) is 15.9. The largest absolute Gasteiger partial charge is 0.436 e. The molecule has 3 aromatic carbocycles. The van der Waals surface area contributed by atoms with Crippen LogP contribution >= 0.6 is 12.2 Å². The molecule has 0 aliphatic heterocycles. The summed E-state index contributed by atoms with van der Waals surface area (Å²) in [6.45, 7) is 1.41. The van der Waals surface area contributed by atoms with E-state index >= 15 is 0 Å². The minimum absolute atomic E-state index is 0.221. The number of carbonyl (C=O) groups excluding carboxylic acids is 1. The molecule has 0 aliphatic carbocycles. The maximum absolute atomic E-state index is 11.1. The van der Waals surface area contributed by atoms with Gasteiger partial charge >= 0.3 is 0 Å². The van der Waals surface area contributed by atoms with E-state index in [9.17, 15) is 4.79 Å². The highest BCUT2D eigenvalue weighted by molar-refractivity contribution is 7.80. The van der Waals surface area contributed by atoms with Gasteiger partial charge in [0.05, 0.1) is 0 Å². The van der Waals surface area contributed by atoms with E-state index in [0.717, 1.165) is 22.4 Å². The Kier molecular flexibility index (Phi) is 4.87. The van der Waals surface area contributed by atoms with Crippen molar-refractivity contribution in [1.29, 1.82) is 0 Å². The molecule has 1 amide bonds. The number of aromatic nitrogens is 1. The summed E-state index contributed by atoms with van der Waals surface area (Å²) in [6.07, 6.45) is 0. The first-order valence-electron chi connectivity index (χ1n) is 8.73. The number of carbonyl (C=O) groups is 1. The SMILES string of the molecule is CC(=O)NC(=S)Nc1ccc2oc(-c3ccc(-c4ccccc4)cc3)nc2c1. The van der Waals surface area contributed by atoms with Gasteiger partial charge in [-0.25, -0.2) is 4.98 Å². The van der Waals surface area contributed by atoms with Crippen LogP contribution in [0.15, 0.2) is 77.2 Å². The lowest BCUT2D eigenvalue weighted by Crippen LogP contribution is -2.32. The average molecular weight is 387 g/mol. The molecule has 0 aliphatic rings. The molecule has 0 saturated carbocycles. The minimum Gasteiger partial charge on any atom is -0.436 e. The molecule has 0 atom stereocenters. The van der Waals surface area contributed by atoms with Crippen molar-refractivity contribution in [2.75, 3.05) is 5.32 Å². The van der Waals surface area contributed by atoms with Crippen LogP contribution in [0.5, 0.6) is 0 Å². The van der Waals surface area contributed by atoms with E-state index in [4.69, 9.17) is 16.6 Å². The normalized spacial score (nSPS) is 10.6. The Morgan fingerprint density at radius 3 is 2.32 bits per heavy atom. The predicted molar refractivity (Wildman–Crippen MR) is 115 cm³/mol. The fraction of sp³-hybridized carbons (Fsp3) is 0.0455. The van der Waals surface area contributed by atoms with Crippen molar-refractivity contribution in [1.82, 2.24) is 10.3 Å². The number of hydrogen-bond acceptors (Lipinski definition) is 4. The van der Waals surface area contributed by atoms with E-state index in [1.165, 1.54) is 6.92 Å². The first kappa shape index (κ1) is 17.9. The first-order valence-corrected chi connectivity index (χ1v) is 9.14. The van der Waals surface area contributed by atoms with Crippen LogP contribution in [0.2, 0.25) is 0 Å². The highest BCUT2D eigenvalue weighted by atomic mass is 32.1. The number of oxazole rings is 1. The first-order chi connectivity index (χ1) is 13.6. The van der Waals surface area contributed by atoms with Gasteiger partial charge in [-0.2, -0.15) is 0 Å². The van der Waals surface area contributed by atoms with Crippen molar-refractivity contribution in [2.45, 2.75) is 6.92 Å². The monoisotopic (exact) mass is 387 g/mol. The Bertz CT molecular complexity index is 1150. The van der Waals surface area contributed by atoms with Gasteiger partial charge in [0.25, 0.3) is 0 Å². The summed E-state index contributed by atoms with van der Waals surface area (Å²) in [6, 6.07) is 23.8. The lowest BCUT2D eigenvalue weighted by atomic mass is 10.0. The van der Waals surface area contributed by atoms with E-state index in [1.807, 2.05) is 48.5 Å². The fourth-order valence-corrected chi connectivity index (χ4v) is 3.15. The molecule has 0 spiro atoms. The molecule has 0 fully saturated rings. The Morgan fingerprint density at radius 1 is 0.929 bits per heavy atom. The molecule has 0 radical (unpaired) electrons. The van der Waals surface area contributed by atoms with E-state index in [2.05, 4.69) is 39.9 Å². The van der Waals surface area contributed by atoms with Crippen molar-refractivity contribution in [3.05, 3.63) is 72.8 Å². The van der Waals surface area contributed by atoms with Crippen LogP contribution in [0.4, 0.5) is 5.69 Å². The number of nitrogens with zero attached hydrogens (tertiary/aromatic N) is 1. The van der Waals surface area contributed by atoms with E-state index in [1.54, 1.807) is 0 Å². The Morgan fingerprint density at radius 2 is 1.61 bits per heavy atom. The predicted octanol–water partition coefficient (Wildman–Crippen LogP) is 4.99. The summed E-state index contributed by atoms with van der Waals surface area (Å²) in [7, 11) is 0. The van der Waals surface area contributed by atoms with Gasteiger partial charge in [0, 0.05) is 18.2 Å². The molecule has 138 valence electrons. The summed E-state index contributed by atoms with van der Waals surface area (Å²) >= 11 is 5.08. The molecule has 0 unspecified atom stereocenters. The van der Waals surface area contributed by atoms with E-state index in [-0.39, 0.29) is 11.0 Å². The van der Waals surface area contributed by atoms with Crippen LogP contribution in [-0.4, -0.2) is 16.0 Å². The third kappa shape index (κ3) is 3.92. The minimum atomic E-state index is -0.221. The lowest BCUT2D eigenvalue weighted by molar-refractivity contribution is -0.117. The number of amides is 1. The quantitative estimate of drug-likeness (QED) is 0.485. The third-order valence-corrected chi connectivity index (χ3v) is 4.38. The van der Waals surface area contributed by atoms with Gasteiger partial charge in [0.2, 0.25) is 11.8 Å². The number of fused-ring (bicyclic) bond motifs is 1. The van der Waals surface area contributed by atoms with Gasteiger partial charge in [0.15, 0.2) is 10.7 Å². The fourth-order valence-electron chi connectivity index (χ4n) is 2.89. The number of nitrogens with one attached hydrogen (secondary N) is 2. The Hall–Kier alpha value is -3.51. The van der Waals surface area contributed by atoms with Crippen LogP contribution in [0, 0.1) is 0 Å². The molecule has 1 heterocycles. The standard InChI is InChI=1S/C22H17N3O2S/c1-14(26)23-22(28)24-18-11-12-20-19(13-18)25-21(27-20)17-9-7-16(8-10-17)15-5-3-2-4-6-15/h2-13H,1H3,(H2,23,24,26,28). The highest BCUT2D eigenvalue weighted by Gasteiger charge is 2.10. The summed E-state index contributed by atoms with van der Waals surface area (Å²) in [5.41, 5.74) is 5.32. The number of rotatable bonds is 3. The molecule has 5 nitrogen and oxygen atoms in total. The third-order valence-electron chi connectivity index (χ3n) is 4.17. The number of thiocarbonyl (C=S) groups is 1. The zero-order chi connectivity index (χ0) is 19.5.